The third-order valence-corrected chi connectivity index (χ3v) is 6.41. The zero-order valence-electron chi connectivity index (χ0n) is 15.5. The zero-order valence-corrected chi connectivity index (χ0v) is 16.3. The first-order valence-corrected chi connectivity index (χ1v) is 10.5. The third kappa shape index (κ3) is 4.96. The fourth-order valence-corrected chi connectivity index (χ4v) is 4.49. The van der Waals surface area contributed by atoms with Gasteiger partial charge in [0.15, 0.2) is 0 Å². The number of carbonyl (C=O) groups is 1. The summed E-state index contributed by atoms with van der Waals surface area (Å²) >= 11 is 0. The fourth-order valence-electron chi connectivity index (χ4n) is 3.05. The topological polar surface area (TPSA) is 88.6 Å². The van der Waals surface area contributed by atoms with E-state index in [4.69, 9.17) is 4.74 Å². The molecule has 28 heavy (non-hydrogen) atoms. The maximum Gasteiger partial charge on any atom is 0.244 e. The number of ether oxygens (including phenoxy) is 1. The highest BCUT2D eigenvalue weighted by Crippen LogP contribution is 2.23. The van der Waals surface area contributed by atoms with Crippen LogP contribution >= 0.6 is 0 Å². The zero-order chi connectivity index (χ0) is 20.0. The van der Waals surface area contributed by atoms with E-state index in [9.17, 15) is 13.2 Å². The first kappa shape index (κ1) is 20.0. The number of hydrogen-bond acceptors (Lipinski definition) is 5. The monoisotopic (exact) mass is 401 g/mol. The molecular weight excluding hydrogens is 378 g/mol. The molecule has 1 unspecified atom stereocenters. The van der Waals surface area contributed by atoms with Crippen molar-refractivity contribution in [3.8, 4) is 11.6 Å². The third-order valence-electron chi connectivity index (χ3n) is 4.53. The molecule has 3 rings (SSSR count). The molecule has 0 saturated carbocycles. The van der Waals surface area contributed by atoms with Crippen LogP contribution in [0.3, 0.4) is 0 Å². The molecular formula is C20H23N3O4S. The molecule has 1 aliphatic heterocycles. The highest BCUT2D eigenvalue weighted by molar-refractivity contribution is 7.89. The number of carbonyl (C=O) groups excluding carboxylic acids is 1. The van der Waals surface area contributed by atoms with Gasteiger partial charge in [-0.3, -0.25) is 4.79 Å². The molecule has 0 spiro atoms. The Labute approximate surface area is 165 Å². The van der Waals surface area contributed by atoms with Crippen molar-refractivity contribution in [2.45, 2.75) is 30.2 Å². The van der Waals surface area contributed by atoms with Gasteiger partial charge >= 0.3 is 0 Å². The van der Waals surface area contributed by atoms with Crippen LogP contribution in [0, 0.1) is 0 Å². The number of nitrogens with zero attached hydrogens (tertiary/aromatic N) is 2. The van der Waals surface area contributed by atoms with Gasteiger partial charge in [0.05, 0.1) is 6.20 Å². The number of rotatable bonds is 6. The fraction of sp³-hybridized carbons (Fsp3) is 0.300. The van der Waals surface area contributed by atoms with Gasteiger partial charge in [-0.05, 0) is 43.5 Å². The molecule has 0 bridgehead atoms. The molecule has 1 amide bonds. The maximum absolute atomic E-state index is 12.9. The molecule has 8 heteroatoms. The van der Waals surface area contributed by atoms with Gasteiger partial charge in [-0.15, -0.1) is 0 Å². The van der Waals surface area contributed by atoms with Gasteiger partial charge in [0.2, 0.25) is 21.8 Å². The van der Waals surface area contributed by atoms with E-state index in [2.05, 4.69) is 16.9 Å². The number of aromatic nitrogens is 1. The van der Waals surface area contributed by atoms with Crippen molar-refractivity contribution in [2.75, 3.05) is 13.1 Å². The van der Waals surface area contributed by atoms with Crippen LogP contribution in [0.1, 0.15) is 19.3 Å². The summed E-state index contributed by atoms with van der Waals surface area (Å²) in [5, 5.41) is 2.84. The Bertz CT molecular complexity index is 914. The summed E-state index contributed by atoms with van der Waals surface area (Å²) in [6.07, 6.45) is 4.50. The SMILES string of the molecule is C=CC(=O)NC1CCCN(S(=O)(=O)c2ccc(Oc3ccccc3)nc2)CC1. The number of para-hydroxylation sites is 1. The lowest BCUT2D eigenvalue weighted by Crippen LogP contribution is -2.36. The van der Waals surface area contributed by atoms with Crippen LogP contribution in [-0.4, -0.2) is 42.7 Å². The first-order chi connectivity index (χ1) is 13.5. The molecule has 1 aromatic carbocycles. The first-order valence-electron chi connectivity index (χ1n) is 9.11. The summed E-state index contributed by atoms with van der Waals surface area (Å²) in [6.45, 7) is 4.19. The summed E-state index contributed by atoms with van der Waals surface area (Å²) < 4.78 is 32.9. The average Bonchev–Trinajstić information content (AvgIpc) is 2.95. The lowest BCUT2D eigenvalue weighted by atomic mass is 10.1. The largest absolute Gasteiger partial charge is 0.439 e. The average molecular weight is 401 g/mol. The van der Waals surface area contributed by atoms with E-state index in [-0.39, 0.29) is 16.8 Å². The van der Waals surface area contributed by atoms with Gasteiger partial charge < -0.3 is 10.1 Å². The van der Waals surface area contributed by atoms with E-state index < -0.39 is 10.0 Å². The number of pyridine rings is 1. The molecule has 1 atom stereocenters. The van der Waals surface area contributed by atoms with Crippen molar-refractivity contribution in [1.82, 2.24) is 14.6 Å². The molecule has 1 N–H and O–H groups in total. The number of nitrogens with one attached hydrogen (secondary N) is 1. The minimum Gasteiger partial charge on any atom is -0.439 e. The van der Waals surface area contributed by atoms with Crippen LogP contribution in [0.15, 0.2) is 66.2 Å². The van der Waals surface area contributed by atoms with Crippen molar-refractivity contribution in [1.29, 1.82) is 0 Å². The molecule has 1 fully saturated rings. The molecule has 2 heterocycles. The van der Waals surface area contributed by atoms with E-state index >= 15 is 0 Å². The molecule has 2 aromatic rings. The Balaban J connectivity index is 1.66. The molecule has 1 aromatic heterocycles. The predicted molar refractivity (Wildman–Crippen MR) is 105 cm³/mol. The van der Waals surface area contributed by atoms with Crippen molar-refractivity contribution in [2.24, 2.45) is 0 Å². The molecule has 1 saturated heterocycles. The van der Waals surface area contributed by atoms with Crippen molar-refractivity contribution in [3.63, 3.8) is 0 Å². The summed E-state index contributed by atoms with van der Waals surface area (Å²) in [5.74, 6) is 0.721. The predicted octanol–water partition coefficient (Wildman–Crippen LogP) is 2.72. The van der Waals surface area contributed by atoms with Crippen molar-refractivity contribution < 1.29 is 17.9 Å². The van der Waals surface area contributed by atoms with Gasteiger partial charge in [-0.2, -0.15) is 4.31 Å². The van der Waals surface area contributed by atoms with Crippen LogP contribution in [0.2, 0.25) is 0 Å². The highest BCUT2D eigenvalue weighted by Gasteiger charge is 2.28. The Kier molecular flexibility index (Phi) is 6.43. The second-order valence-corrected chi connectivity index (χ2v) is 8.43. The Hall–Kier alpha value is -2.71. The number of benzene rings is 1. The maximum atomic E-state index is 12.9. The quantitative estimate of drug-likeness (QED) is 0.752. The highest BCUT2D eigenvalue weighted by atomic mass is 32.2. The number of amides is 1. The normalized spacial score (nSPS) is 18.1. The molecule has 7 nitrogen and oxygen atoms in total. The van der Waals surface area contributed by atoms with E-state index in [1.807, 2.05) is 18.2 Å². The lowest BCUT2D eigenvalue weighted by molar-refractivity contribution is -0.117. The number of sulfonamides is 1. The van der Waals surface area contributed by atoms with Crippen LogP contribution in [0.4, 0.5) is 0 Å². The van der Waals surface area contributed by atoms with Crippen LogP contribution in [0.5, 0.6) is 11.6 Å². The summed E-state index contributed by atoms with van der Waals surface area (Å²) in [7, 11) is -3.65. The van der Waals surface area contributed by atoms with E-state index in [1.54, 1.807) is 18.2 Å². The van der Waals surface area contributed by atoms with E-state index in [0.29, 0.717) is 37.6 Å². The second kappa shape index (κ2) is 8.99. The second-order valence-electron chi connectivity index (χ2n) is 6.49. The van der Waals surface area contributed by atoms with Crippen LogP contribution in [-0.2, 0) is 14.8 Å². The van der Waals surface area contributed by atoms with Crippen LogP contribution in [0.25, 0.3) is 0 Å². The summed E-state index contributed by atoms with van der Waals surface area (Å²) in [6, 6.07) is 12.2. The Morgan fingerprint density at radius 1 is 1.18 bits per heavy atom. The molecule has 148 valence electrons. The number of hydrogen-bond donors (Lipinski definition) is 1. The standard InChI is InChI=1S/C20H23N3O4S/c1-2-19(24)22-16-7-6-13-23(14-12-16)28(25,26)18-10-11-20(21-15-18)27-17-8-4-3-5-9-17/h2-5,8-11,15-16H,1,6-7,12-14H2,(H,22,24). The van der Waals surface area contributed by atoms with Gasteiger partial charge in [0.1, 0.15) is 10.6 Å². The van der Waals surface area contributed by atoms with Crippen LogP contribution < -0.4 is 10.1 Å². The smallest absolute Gasteiger partial charge is 0.244 e. The van der Waals surface area contributed by atoms with E-state index in [0.717, 1.165) is 6.42 Å². The molecule has 1 aliphatic rings. The summed E-state index contributed by atoms with van der Waals surface area (Å²) in [5.41, 5.74) is 0. The Morgan fingerprint density at radius 2 is 1.96 bits per heavy atom. The van der Waals surface area contributed by atoms with Gasteiger partial charge in [-0.25, -0.2) is 13.4 Å². The minimum atomic E-state index is -3.65. The van der Waals surface area contributed by atoms with Gasteiger partial charge in [0, 0.05) is 25.2 Å². The lowest BCUT2D eigenvalue weighted by Gasteiger charge is -2.20. The molecule has 0 aliphatic carbocycles. The van der Waals surface area contributed by atoms with Gasteiger partial charge in [-0.1, -0.05) is 24.8 Å². The summed E-state index contributed by atoms with van der Waals surface area (Å²) in [4.78, 5) is 15.7. The van der Waals surface area contributed by atoms with Crippen molar-refractivity contribution >= 4 is 15.9 Å². The van der Waals surface area contributed by atoms with Crippen molar-refractivity contribution in [3.05, 3.63) is 61.3 Å². The molecule has 0 radical (unpaired) electrons. The minimum absolute atomic E-state index is 0.0505. The van der Waals surface area contributed by atoms with E-state index in [1.165, 1.54) is 22.6 Å². The Morgan fingerprint density at radius 3 is 2.64 bits per heavy atom. The van der Waals surface area contributed by atoms with Gasteiger partial charge in [0.25, 0.3) is 0 Å².